The summed E-state index contributed by atoms with van der Waals surface area (Å²) in [4.78, 5) is 0. The van der Waals surface area contributed by atoms with Crippen molar-refractivity contribution >= 4 is 15.9 Å². The Morgan fingerprint density at radius 3 is 3.00 bits per heavy atom. The van der Waals surface area contributed by atoms with Crippen LogP contribution >= 0.6 is 15.9 Å². The van der Waals surface area contributed by atoms with E-state index >= 15 is 0 Å². The molecule has 0 spiro atoms. The normalized spacial score (nSPS) is 10.7. The molecule has 0 bridgehead atoms. The van der Waals surface area contributed by atoms with Gasteiger partial charge in [-0.25, -0.2) is 0 Å². The lowest BCUT2D eigenvalue weighted by Crippen LogP contribution is -2.04. The fourth-order valence-electron chi connectivity index (χ4n) is 0.970. The van der Waals surface area contributed by atoms with Crippen molar-refractivity contribution in [2.75, 3.05) is 20.2 Å². The number of rotatable bonds is 5. The first-order valence-corrected chi connectivity index (χ1v) is 5.30. The van der Waals surface area contributed by atoms with Crippen molar-refractivity contribution in [1.29, 1.82) is 0 Å². The zero-order valence-corrected chi connectivity index (χ0v) is 9.75. The van der Waals surface area contributed by atoms with E-state index in [1.165, 1.54) is 0 Å². The van der Waals surface area contributed by atoms with Crippen molar-refractivity contribution in [2.24, 2.45) is 0 Å². The monoisotopic (exact) mass is 255 g/mol. The summed E-state index contributed by atoms with van der Waals surface area (Å²) in [6.45, 7) is 1.49. The van der Waals surface area contributed by atoms with Crippen LogP contribution in [0.3, 0.4) is 0 Å². The van der Waals surface area contributed by atoms with E-state index in [0.717, 1.165) is 16.8 Å². The Hall–Kier alpha value is -0.800. The molecule has 0 radical (unpaired) electrons. The second-order valence-corrected chi connectivity index (χ2v) is 3.71. The van der Waals surface area contributed by atoms with E-state index in [4.69, 9.17) is 4.74 Å². The van der Waals surface area contributed by atoms with E-state index in [1.807, 2.05) is 43.5 Å². The second kappa shape index (κ2) is 6.62. The van der Waals surface area contributed by atoms with Crippen LogP contribution in [0.5, 0.6) is 5.75 Å². The maximum Gasteiger partial charge on any atom is 0.120 e. The van der Waals surface area contributed by atoms with Crippen molar-refractivity contribution in [3.63, 3.8) is 0 Å². The van der Waals surface area contributed by atoms with Gasteiger partial charge in [0.2, 0.25) is 0 Å². The van der Waals surface area contributed by atoms with Gasteiger partial charge in [-0.2, -0.15) is 0 Å². The summed E-state index contributed by atoms with van der Waals surface area (Å²) < 4.78 is 6.53. The Balaban J connectivity index is 2.31. The highest BCUT2D eigenvalue weighted by molar-refractivity contribution is 9.10. The maximum atomic E-state index is 5.49. The van der Waals surface area contributed by atoms with Gasteiger partial charge in [0.25, 0.3) is 0 Å². The van der Waals surface area contributed by atoms with Crippen LogP contribution in [0.2, 0.25) is 0 Å². The van der Waals surface area contributed by atoms with Crippen LogP contribution < -0.4 is 10.1 Å². The molecule has 0 aliphatic carbocycles. The van der Waals surface area contributed by atoms with E-state index in [2.05, 4.69) is 21.2 Å². The van der Waals surface area contributed by atoms with Crippen molar-refractivity contribution in [2.45, 2.75) is 0 Å². The van der Waals surface area contributed by atoms with Gasteiger partial charge in [0.15, 0.2) is 0 Å². The summed E-state index contributed by atoms with van der Waals surface area (Å²) in [6, 6.07) is 7.82. The Kier molecular flexibility index (Phi) is 5.33. The maximum absolute atomic E-state index is 5.49. The molecule has 1 N–H and O–H groups in total. The molecule has 0 aromatic heterocycles. The summed E-state index contributed by atoms with van der Waals surface area (Å²) in [5, 5.41) is 3.03. The summed E-state index contributed by atoms with van der Waals surface area (Å²) in [7, 11) is 1.92. The van der Waals surface area contributed by atoms with E-state index < -0.39 is 0 Å². The van der Waals surface area contributed by atoms with E-state index in [9.17, 15) is 0 Å². The average Bonchev–Trinajstić information content (AvgIpc) is 2.18. The molecule has 0 aliphatic heterocycles. The van der Waals surface area contributed by atoms with Gasteiger partial charge in [-0.1, -0.05) is 34.1 Å². The summed E-state index contributed by atoms with van der Waals surface area (Å²) in [5.41, 5.74) is 0. The number of likely N-dealkylation sites (N-methyl/N-ethyl adjacent to an activating group) is 1. The molecule has 0 aliphatic rings. The molecule has 76 valence electrons. The largest absolute Gasteiger partial charge is 0.490 e. The molecule has 0 saturated heterocycles. The highest BCUT2D eigenvalue weighted by Gasteiger charge is 1.91. The molecule has 0 unspecified atom stereocenters. The molecule has 2 nitrogen and oxygen atoms in total. The molecule has 1 aromatic rings. The van der Waals surface area contributed by atoms with Gasteiger partial charge in [-0.05, 0) is 25.2 Å². The average molecular weight is 256 g/mol. The third-order valence-corrected chi connectivity index (χ3v) is 2.12. The lowest BCUT2D eigenvalue weighted by molar-refractivity contribution is 0.362. The van der Waals surface area contributed by atoms with Crippen molar-refractivity contribution in [3.05, 3.63) is 40.9 Å². The Bertz CT molecular complexity index is 299. The van der Waals surface area contributed by atoms with Gasteiger partial charge in [0.1, 0.15) is 12.4 Å². The molecule has 14 heavy (non-hydrogen) atoms. The zero-order valence-electron chi connectivity index (χ0n) is 8.16. The molecule has 1 aromatic carbocycles. The minimum atomic E-state index is 0.609. The van der Waals surface area contributed by atoms with E-state index in [0.29, 0.717) is 6.61 Å². The van der Waals surface area contributed by atoms with Gasteiger partial charge in [0.05, 0.1) is 0 Å². The predicted octanol–water partition coefficient (Wildman–Crippen LogP) is 2.60. The lowest BCUT2D eigenvalue weighted by Gasteiger charge is -2.02. The summed E-state index contributed by atoms with van der Waals surface area (Å²) >= 11 is 3.39. The SMILES string of the molecule is CNCC=CCOc1cccc(Br)c1. The molecule has 0 atom stereocenters. The number of hydrogen-bond acceptors (Lipinski definition) is 2. The molecule has 0 amide bonds. The first-order chi connectivity index (χ1) is 6.83. The van der Waals surface area contributed by atoms with Gasteiger partial charge >= 0.3 is 0 Å². The fourth-order valence-corrected chi connectivity index (χ4v) is 1.35. The van der Waals surface area contributed by atoms with Gasteiger partial charge < -0.3 is 10.1 Å². The number of ether oxygens (including phenoxy) is 1. The van der Waals surface area contributed by atoms with Crippen molar-refractivity contribution in [3.8, 4) is 5.75 Å². The quantitative estimate of drug-likeness (QED) is 0.817. The molecule has 3 heteroatoms. The highest BCUT2D eigenvalue weighted by Crippen LogP contribution is 2.17. The third-order valence-electron chi connectivity index (χ3n) is 1.63. The minimum Gasteiger partial charge on any atom is -0.490 e. The molecule has 0 saturated carbocycles. The van der Waals surface area contributed by atoms with Crippen molar-refractivity contribution in [1.82, 2.24) is 5.32 Å². The molecular formula is C11H14BrNO. The Morgan fingerprint density at radius 1 is 1.43 bits per heavy atom. The Morgan fingerprint density at radius 2 is 2.29 bits per heavy atom. The predicted molar refractivity (Wildman–Crippen MR) is 62.7 cm³/mol. The smallest absolute Gasteiger partial charge is 0.120 e. The van der Waals surface area contributed by atoms with Crippen LogP contribution in [0.25, 0.3) is 0 Å². The van der Waals surface area contributed by atoms with Crippen LogP contribution in [0.4, 0.5) is 0 Å². The third kappa shape index (κ3) is 4.44. The second-order valence-electron chi connectivity index (χ2n) is 2.80. The zero-order chi connectivity index (χ0) is 10.2. The molecule has 0 fully saturated rings. The van der Waals surface area contributed by atoms with Gasteiger partial charge in [-0.3, -0.25) is 0 Å². The summed E-state index contributed by atoms with van der Waals surface area (Å²) in [6.07, 6.45) is 4.04. The van der Waals surface area contributed by atoms with Gasteiger partial charge in [0, 0.05) is 11.0 Å². The number of halogens is 1. The topological polar surface area (TPSA) is 21.3 Å². The lowest BCUT2D eigenvalue weighted by atomic mass is 10.3. The van der Waals surface area contributed by atoms with Crippen LogP contribution in [0.1, 0.15) is 0 Å². The standard InChI is InChI=1S/C11H14BrNO/c1-13-7-2-3-8-14-11-6-4-5-10(12)9-11/h2-6,9,13H,7-8H2,1H3. The van der Waals surface area contributed by atoms with Crippen LogP contribution in [0, 0.1) is 0 Å². The fraction of sp³-hybridized carbons (Fsp3) is 0.273. The number of nitrogens with one attached hydrogen (secondary N) is 1. The number of hydrogen-bond donors (Lipinski definition) is 1. The van der Waals surface area contributed by atoms with Crippen LogP contribution in [-0.2, 0) is 0 Å². The molecule has 0 heterocycles. The Labute approximate surface area is 93.1 Å². The number of benzene rings is 1. The van der Waals surface area contributed by atoms with E-state index in [-0.39, 0.29) is 0 Å². The van der Waals surface area contributed by atoms with E-state index in [1.54, 1.807) is 0 Å². The molecule has 1 rings (SSSR count). The van der Waals surface area contributed by atoms with Crippen molar-refractivity contribution < 1.29 is 4.74 Å². The highest BCUT2D eigenvalue weighted by atomic mass is 79.9. The van der Waals surface area contributed by atoms with Gasteiger partial charge in [-0.15, -0.1) is 0 Å². The minimum absolute atomic E-state index is 0.609. The van der Waals surface area contributed by atoms with Crippen LogP contribution in [0.15, 0.2) is 40.9 Å². The first-order valence-electron chi connectivity index (χ1n) is 4.51. The van der Waals surface area contributed by atoms with Crippen LogP contribution in [-0.4, -0.2) is 20.2 Å². The molecular weight excluding hydrogens is 242 g/mol. The summed E-state index contributed by atoms with van der Waals surface area (Å²) in [5.74, 6) is 0.883. The first kappa shape index (κ1) is 11.3.